The van der Waals surface area contributed by atoms with Crippen LogP contribution in [-0.4, -0.2) is 9.85 Å². The van der Waals surface area contributed by atoms with Gasteiger partial charge >= 0.3 is 0 Å². The maximum atomic E-state index is 10.5. The molecule has 142 valence electrons. The lowest BCUT2D eigenvalue weighted by Gasteiger charge is -2.03. The van der Waals surface area contributed by atoms with Crippen LogP contribution in [0.2, 0.25) is 0 Å². The molecule has 0 heterocycles. The van der Waals surface area contributed by atoms with Crippen LogP contribution in [0.5, 0.6) is 0 Å². The van der Waals surface area contributed by atoms with Gasteiger partial charge in [0.25, 0.3) is 11.4 Å². The molecule has 0 amide bonds. The van der Waals surface area contributed by atoms with E-state index in [0.29, 0.717) is 10.9 Å². The van der Waals surface area contributed by atoms with Gasteiger partial charge in [0.2, 0.25) is 0 Å². The first kappa shape index (κ1) is 23.2. The quantitative estimate of drug-likeness (QED) is 0.246. The Kier molecular flexibility index (Phi) is 9.02. The highest BCUT2D eigenvalue weighted by Gasteiger charge is 2.12. The van der Waals surface area contributed by atoms with E-state index in [9.17, 15) is 20.2 Å². The molecule has 10 heteroatoms. The molecule has 0 aromatic heterocycles. The van der Waals surface area contributed by atoms with Gasteiger partial charge in [0.05, 0.1) is 22.3 Å². The molecule has 0 saturated heterocycles. The Morgan fingerprint density at radius 2 is 1.33 bits per heavy atom. The van der Waals surface area contributed by atoms with Crippen LogP contribution in [0.15, 0.2) is 33.2 Å². The molecule has 0 bridgehead atoms. The van der Waals surface area contributed by atoms with E-state index in [2.05, 4.69) is 47.8 Å². The molecule has 2 aromatic rings. The van der Waals surface area contributed by atoms with E-state index in [0.717, 1.165) is 25.6 Å². The third kappa shape index (κ3) is 6.37. The fourth-order valence-corrected chi connectivity index (χ4v) is 3.72. The maximum absolute atomic E-state index is 10.5. The van der Waals surface area contributed by atoms with Crippen LogP contribution in [-0.2, 0) is 11.8 Å². The summed E-state index contributed by atoms with van der Waals surface area (Å²) in [4.78, 5) is 20.2. The molecule has 0 spiro atoms. The second-order valence-electron chi connectivity index (χ2n) is 5.45. The van der Waals surface area contributed by atoms with Gasteiger partial charge in [0.15, 0.2) is 0 Å². The Hall–Kier alpha value is -1.83. The lowest BCUT2D eigenvalue weighted by molar-refractivity contribution is -0.385. The average molecular weight is 564 g/mol. The maximum Gasteiger partial charge on any atom is 0.270 e. The van der Waals surface area contributed by atoms with Crippen molar-refractivity contribution in [2.75, 3.05) is 0 Å². The third-order valence-corrected chi connectivity index (χ3v) is 6.34. The fraction of sp³-hybridized carbons (Fsp3) is 0.235. The van der Waals surface area contributed by atoms with E-state index >= 15 is 0 Å². The minimum absolute atomic E-state index is 0.0240. The van der Waals surface area contributed by atoms with Gasteiger partial charge in [0.1, 0.15) is 0 Å². The van der Waals surface area contributed by atoms with E-state index in [1.165, 1.54) is 12.1 Å². The SMILES string of the molecule is Cc1cc([N+](=O)[O-])cc(CBr)c1Br.Cc1cc([N+](=O)[O-])cc(CC#N)c1Br. The Morgan fingerprint density at radius 3 is 1.70 bits per heavy atom. The van der Waals surface area contributed by atoms with Crippen molar-refractivity contribution >= 4 is 59.2 Å². The zero-order valence-electron chi connectivity index (χ0n) is 14.3. The van der Waals surface area contributed by atoms with Crippen molar-refractivity contribution in [1.29, 1.82) is 5.26 Å². The van der Waals surface area contributed by atoms with Gasteiger partial charge < -0.3 is 0 Å². The van der Waals surface area contributed by atoms with Gasteiger partial charge in [-0.05, 0) is 36.1 Å². The molecule has 2 rings (SSSR count). The molecule has 0 aliphatic carbocycles. The topological polar surface area (TPSA) is 110 Å². The van der Waals surface area contributed by atoms with Crippen LogP contribution in [0.25, 0.3) is 0 Å². The number of rotatable bonds is 4. The second kappa shape index (κ2) is 10.5. The van der Waals surface area contributed by atoms with Crippen molar-refractivity contribution in [2.24, 2.45) is 0 Å². The number of halogens is 3. The van der Waals surface area contributed by atoms with Gasteiger partial charge in [-0.15, -0.1) is 0 Å². The number of hydrogen-bond donors (Lipinski definition) is 0. The molecule has 0 saturated carbocycles. The van der Waals surface area contributed by atoms with E-state index in [1.807, 2.05) is 13.0 Å². The zero-order valence-corrected chi connectivity index (χ0v) is 19.1. The number of nitro groups is 2. The average Bonchev–Trinajstić information content (AvgIpc) is 2.61. The molecular weight excluding hydrogens is 550 g/mol. The van der Waals surface area contributed by atoms with Crippen LogP contribution in [0.4, 0.5) is 11.4 Å². The van der Waals surface area contributed by atoms with Crippen LogP contribution in [0.1, 0.15) is 22.3 Å². The minimum Gasteiger partial charge on any atom is -0.258 e. The fourth-order valence-electron chi connectivity index (χ4n) is 2.17. The smallest absolute Gasteiger partial charge is 0.258 e. The normalized spacial score (nSPS) is 9.78. The number of nitro benzene ring substituents is 2. The van der Waals surface area contributed by atoms with Crippen molar-refractivity contribution in [3.8, 4) is 6.07 Å². The van der Waals surface area contributed by atoms with Crippen molar-refractivity contribution in [3.63, 3.8) is 0 Å². The molecule has 2 aromatic carbocycles. The summed E-state index contributed by atoms with van der Waals surface area (Å²) >= 11 is 9.93. The van der Waals surface area contributed by atoms with Crippen LogP contribution in [0.3, 0.4) is 0 Å². The van der Waals surface area contributed by atoms with Crippen molar-refractivity contribution in [2.45, 2.75) is 25.6 Å². The number of alkyl halides is 1. The second-order valence-corrected chi connectivity index (χ2v) is 7.60. The molecular formula is C17H14Br3N3O4. The summed E-state index contributed by atoms with van der Waals surface area (Å²) in [6.45, 7) is 3.60. The number of non-ortho nitro benzene ring substituents is 2. The van der Waals surface area contributed by atoms with Crippen molar-refractivity contribution in [3.05, 3.63) is 75.7 Å². The summed E-state index contributed by atoms with van der Waals surface area (Å²) in [5, 5.41) is 30.2. The summed E-state index contributed by atoms with van der Waals surface area (Å²) in [6.07, 6.45) is 0.170. The standard InChI is InChI=1S/C9H7BrN2O2.C8H7Br2NO2/c1-6-4-8(12(13)14)5-7(2-3-11)9(6)10;1-5-2-7(11(12)13)3-6(4-9)8(5)10/h4-5H,2H2,1H3;2-3H,4H2,1H3. The largest absolute Gasteiger partial charge is 0.270 e. The minimum atomic E-state index is -0.458. The van der Waals surface area contributed by atoms with Crippen LogP contribution in [0, 0.1) is 45.4 Å². The Morgan fingerprint density at radius 1 is 0.926 bits per heavy atom. The predicted octanol–water partition coefficient (Wildman–Crippen LogP) is 6.29. The third-order valence-electron chi connectivity index (χ3n) is 3.46. The van der Waals surface area contributed by atoms with Crippen molar-refractivity contribution in [1.82, 2.24) is 0 Å². The first-order chi connectivity index (χ1) is 12.6. The summed E-state index contributed by atoms with van der Waals surface area (Å²) < 4.78 is 1.69. The number of hydrogen-bond acceptors (Lipinski definition) is 5. The molecule has 0 fully saturated rings. The lowest BCUT2D eigenvalue weighted by atomic mass is 10.1. The molecule has 0 aliphatic heterocycles. The van der Waals surface area contributed by atoms with Gasteiger partial charge in [-0.1, -0.05) is 47.8 Å². The highest BCUT2D eigenvalue weighted by Crippen LogP contribution is 2.28. The number of benzene rings is 2. The predicted molar refractivity (Wildman–Crippen MR) is 113 cm³/mol. The highest BCUT2D eigenvalue weighted by molar-refractivity contribution is 9.11. The Balaban J connectivity index is 0.000000271. The van der Waals surface area contributed by atoms with Gasteiger partial charge in [-0.2, -0.15) is 5.26 Å². The highest BCUT2D eigenvalue weighted by atomic mass is 79.9. The summed E-state index contributed by atoms with van der Waals surface area (Å²) in [5.41, 5.74) is 3.35. The molecule has 0 atom stereocenters. The number of aryl methyl sites for hydroxylation is 2. The van der Waals surface area contributed by atoms with Crippen molar-refractivity contribution < 1.29 is 9.85 Å². The van der Waals surface area contributed by atoms with Gasteiger partial charge in [-0.3, -0.25) is 20.2 Å². The monoisotopic (exact) mass is 561 g/mol. The molecule has 7 nitrogen and oxygen atoms in total. The lowest BCUT2D eigenvalue weighted by Crippen LogP contribution is -1.93. The van der Waals surface area contributed by atoms with E-state index < -0.39 is 4.92 Å². The van der Waals surface area contributed by atoms with Gasteiger partial charge in [-0.25, -0.2) is 0 Å². The number of nitriles is 1. The molecule has 27 heavy (non-hydrogen) atoms. The zero-order chi connectivity index (χ0) is 20.7. The van der Waals surface area contributed by atoms with E-state index in [4.69, 9.17) is 5.26 Å². The van der Waals surface area contributed by atoms with E-state index in [-0.39, 0.29) is 22.7 Å². The number of nitrogens with zero attached hydrogens (tertiary/aromatic N) is 3. The molecule has 0 radical (unpaired) electrons. The first-order valence-corrected chi connectivity index (χ1v) is 10.1. The molecule has 0 N–H and O–H groups in total. The Labute approximate surface area is 181 Å². The molecule has 0 unspecified atom stereocenters. The molecule has 0 aliphatic rings. The summed E-state index contributed by atoms with van der Waals surface area (Å²) in [5.74, 6) is 0. The van der Waals surface area contributed by atoms with Crippen LogP contribution < -0.4 is 0 Å². The van der Waals surface area contributed by atoms with E-state index in [1.54, 1.807) is 19.1 Å². The van der Waals surface area contributed by atoms with Gasteiger partial charge in [0, 0.05) is 38.5 Å². The first-order valence-electron chi connectivity index (χ1n) is 7.42. The Bertz CT molecular complexity index is 927. The summed E-state index contributed by atoms with van der Waals surface area (Å²) in [7, 11) is 0. The van der Waals surface area contributed by atoms with Crippen LogP contribution >= 0.6 is 47.8 Å². The summed E-state index contributed by atoms with van der Waals surface area (Å²) in [6, 6.07) is 7.97.